The van der Waals surface area contributed by atoms with Gasteiger partial charge in [-0.25, -0.2) is 13.4 Å². The van der Waals surface area contributed by atoms with E-state index < -0.39 is 15.1 Å². The quantitative estimate of drug-likeness (QED) is 0.423. The molecule has 0 bridgehead atoms. The fraction of sp³-hybridized carbons (Fsp3) is 0.360. The highest BCUT2D eigenvalue weighted by atomic mass is 35.5. The number of fused-ring (bicyclic) bond motifs is 1. The molecule has 1 aromatic heterocycles. The van der Waals surface area contributed by atoms with Crippen molar-refractivity contribution in [2.24, 2.45) is 0 Å². The van der Waals surface area contributed by atoms with Gasteiger partial charge in [0.05, 0.1) is 34.8 Å². The average Bonchev–Trinajstić information content (AvgIpc) is 2.85. The minimum absolute atomic E-state index is 0.191. The van der Waals surface area contributed by atoms with E-state index in [0.29, 0.717) is 23.2 Å². The van der Waals surface area contributed by atoms with Crippen molar-refractivity contribution in [2.75, 3.05) is 30.8 Å². The second kappa shape index (κ2) is 10.4. The van der Waals surface area contributed by atoms with Crippen LogP contribution in [0.4, 0.5) is 23.1 Å². The van der Waals surface area contributed by atoms with Crippen molar-refractivity contribution < 1.29 is 13.2 Å². The smallest absolute Gasteiger partial charge is 0.229 e. The highest BCUT2D eigenvalue weighted by Gasteiger charge is 2.23. The van der Waals surface area contributed by atoms with E-state index in [1.165, 1.54) is 17.3 Å². The molecule has 0 unspecified atom stereocenters. The average molecular weight is 516 g/mol. The van der Waals surface area contributed by atoms with Crippen molar-refractivity contribution in [1.29, 1.82) is 0 Å². The molecule has 186 valence electrons. The number of methoxy groups -OCH3 is 1. The van der Waals surface area contributed by atoms with Gasteiger partial charge in [-0.2, -0.15) is 4.98 Å². The molecule has 2 N–H and O–H groups in total. The Bertz CT molecular complexity index is 1330. The number of nitrogens with zero attached hydrogens (tertiary/aromatic N) is 3. The number of hydrogen-bond donors (Lipinski definition) is 2. The zero-order valence-electron chi connectivity index (χ0n) is 20.3. The molecule has 1 aliphatic heterocycles. The van der Waals surface area contributed by atoms with Crippen LogP contribution in [0.5, 0.6) is 5.75 Å². The first-order chi connectivity index (χ1) is 16.7. The van der Waals surface area contributed by atoms with Gasteiger partial charge in [0, 0.05) is 13.1 Å². The molecule has 0 saturated carbocycles. The number of ether oxygens (including phenoxy) is 1. The molecular formula is C25H30ClN5O3S. The molecule has 0 fully saturated rings. The van der Waals surface area contributed by atoms with Gasteiger partial charge in [-0.1, -0.05) is 30.7 Å². The molecule has 0 radical (unpaired) electrons. The van der Waals surface area contributed by atoms with Crippen LogP contribution in [0.3, 0.4) is 0 Å². The molecular weight excluding hydrogens is 486 g/mol. The Hall–Kier alpha value is -2.88. The number of rotatable bonds is 8. The number of nitrogens with one attached hydrogen (secondary N) is 2. The summed E-state index contributed by atoms with van der Waals surface area (Å²) >= 11 is 6.37. The van der Waals surface area contributed by atoms with Crippen LogP contribution in [0.1, 0.15) is 31.9 Å². The van der Waals surface area contributed by atoms with E-state index >= 15 is 0 Å². The predicted molar refractivity (Wildman–Crippen MR) is 140 cm³/mol. The summed E-state index contributed by atoms with van der Waals surface area (Å²) in [6.07, 6.45) is 2.45. The van der Waals surface area contributed by atoms with Gasteiger partial charge in [0.15, 0.2) is 15.7 Å². The molecule has 0 saturated heterocycles. The molecule has 0 aliphatic carbocycles. The van der Waals surface area contributed by atoms with Gasteiger partial charge in [-0.15, -0.1) is 0 Å². The minimum atomic E-state index is -3.51. The second-order valence-corrected chi connectivity index (χ2v) is 11.5. The Morgan fingerprint density at radius 3 is 2.63 bits per heavy atom. The van der Waals surface area contributed by atoms with Gasteiger partial charge in [-0.05, 0) is 62.2 Å². The summed E-state index contributed by atoms with van der Waals surface area (Å²) < 4.78 is 31.3. The van der Waals surface area contributed by atoms with E-state index in [-0.39, 0.29) is 9.92 Å². The number of sulfone groups is 1. The second-order valence-electron chi connectivity index (χ2n) is 8.67. The maximum Gasteiger partial charge on any atom is 0.229 e. The van der Waals surface area contributed by atoms with Gasteiger partial charge in [0.25, 0.3) is 0 Å². The highest BCUT2D eigenvalue weighted by Crippen LogP contribution is 2.34. The van der Waals surface area contributed by atoms with Crippen molar-refractivity contribution in [3.8, 4) is 5.75 Å². The van der Waals surface area contributed by atoms with Crippen molar-refractivity contribution in [1.82, 2.24) is 14.9 Å². The number of para-hydroxylation sites is 1. The lowest BCUT2D eigenvalue weighted by Gasteiger charge is -2.28. The molecule has 10 heteroatoms. The van der Waals surface area contributed by atoms with Gasteiger partial charge in [-0.3, -0.25) is 4.90 Å². The Labute approximate surface area is 211 Å². The fourth-order valence-corrected chi connectivity index (χ4v) is 5.36. The Morgan fingerprint density at radius 2 is 1.91 bits per heavy atom. The standard InChI is InChI=1S/C25H30ClN5O3S/c1-5-31-11-10-17-13-22(34-4)21(12-18(17)15-31)29-25-27-14-19(26)24(30-25)28-20-8-6-7-9-23(20)35(32,33)16(2)3/h6-9,12-14,16H,5,10-11,15H2,1-4H3,(H2,27,28,29,30). The van der Waals surface area contributed by atoms with Crippen LogP contribution in [0.15, 0.2) is 47.5 Å². The molecule has 2 heterocycles. The summed E-state index contributed by atoms with van der Waals surface area (Å²) in [7, 11) is -1.87. The van der Waals surface area contributed by atoms with Gasteiger partial charge >= 0.3 is 0 Å². The number of aromatic nitrogens is 2. The number of halogens is 1. The lowest BCUT2D eigenvalue weighted by molar-refractivity contribution is 0.267. The number of likely N-dealkylation sites (N-methyl/N-ethyl adjacent to an activating group) is 1. The number of hydrogen-bond acceptors (Lipinski definition) is 8. The maximum atomic E-state index is 12.8. The largest absolute Gasteiger partial charge is 0.495 e. The maximum absolute atomic E-state index is 12.8. The summed E-state index contributed by atoms with van der Waals surface area (Å²) in [6, 6.07) is 10.8. The van der Waals surface area contributed by atoms with E-state index in [1.54, 1.807) is 45.2 Å². The first kappa shape index (κ1) is 25.2. The lowest BCUT2D eigenvalue weighted by atomic mass is 9.98. The molecule has 8 nitrogen and oxygen atoms in total. The highest BCUT2D eigenvalue weighted by molar-refractivity contribution is 7.92. The lowest BCUT2D eigenvalue weighted by Crippen LogP contribution is -2.30. The van der Waals surface area contributed by atoms with Crippen LogP contribution in [0.2, 0.25) is 5.02 Å². The van der Waals surface area contributed by atoms with Crippen molar-refractivity contribution >= 4 is 44.6 Å². The molecule has 4 rings (SSSR count). The van der Waals surface area contributed by atoms with Crippen molar-refractivity contribution in [3.63, 3.8) is 0 Å². The molecule has 0 amide bonds. The number of anilines is 4. The topological polar surface area (TPSA) is 96.5 Å². The van der Waals surface area contributed by atoms with Gasteiger partial charge in [0.2, 0.25) is 5.95 Å². The Balaban J connectivity index is 1.65. The van der Waals surface area contributed by atoms with Gasteiger partial charge < -0.3 is 15.4 Å². The van der Waals surface area contributed by atoms with Crippen LogP contribution in [-0.4, -0.2) is 48.7 Å². The summed E-state index contributed by atoms with van der Waals surface area (Å²) in [5, 5.41) is 6.02. The molecule has 0 atom stereocenters. The molecule has 0 spiro atoms. The van der Waals surface area contributed by atoms with Crippen molar-refractivity contribution in [2.45, 2.75) is 43.9 Å². The molecule has 3 aromatic rings. The van der Waals surface area contributed by atoms with E-state index in [0.717, 1.165) is 31.7 Å². The van der Waals surface area contributed by atoms with Crippen LogP contribution >= 0.6 is 11.6 Å². The van der Waals surface area contributed by atoms with Crippen molar-refractivity contribution in [3.05, 3.63) is 58.7 Å². The van der Waals surface area contributed by atoms with E-state index in [4.69, 9.17) is 16.3 Å². The summed E-state index contributed by atoms with van der Waals surface area (Å²) in [5.74, 6) is 1.31. The molecule has 2 aromatic carbocycles. The SMILES string of the molecule is CCN1CCc2cc(OC)c(Nc3ncc(Cl)c(Nc4ccccc4S(=O)(=O)C(C)C)n3)cc2C1. The predicted octanol–water partition coefficient (Wildman–Crippen LogP) is 5.19. The van der Waals surface area contributed by atoms with E-state index in [9.17, 15) is 8.42 Å². The molecule has 1 aliphatic rings. The van der Waals surface area contributed by atoms with Crippen LogP contribution < -0.4 is 15.4 Å². The van der Waals surface area contributed by atoms with Crippen LogP contribution in [0.25, 0.3) is 0 Å². The Kier molecular flexibility index (Phi) is 7.49. The van der Waals surface area contributed by atoms with Crippen LogP contribution in [-0.2, 0) is 22.8 Å². The van der Waals surface area contributed by atoms with Gasteiger partial charge in [0.1, 0.15) is 10.8 Å². The Morgan fingerprint density at radius 1 is 1.14 bits per heavy atom. The third kappa shape index (κ3) is 5.37. The first-order valence-corrected chi connectivity index (χ1v) is 13.5. The first-order valence-electron chi connectivity index (χ1n) is 11.5. The molecule has 35 heavy (non-hydrogen) atoms. The van der Waals surface area contributed by atoms with E-state index in [2.05, 4.69) is 44.6 Å². The third-order valence-electron chi connectivity index (χ3n) is 6.12. The zero-order valence-corrected chi connectivity index (χ0v) is 21.9. The summed E-state index contributed by atoms with van der Waals surface area (Å²) in [5.41, 5.74) is 3.67. The van der Waals surface area contributed by atoms with Crippen LogP contribution in [0, 0.1) is 0 Å². The number of benzene rings is 2. The van der Waals surface area contributed by atoms with E-state index in [1.807, 2.05) is 0 Å². The summed E-state index contributed by atoms with van der Waals surface area (Å²) in [4.78, 5) is 11.4. The third-order valence-corrected chi connectivity index (χ3v) is 8.60. The normalized spacial score (nSPS) is 14.0. The fourth-order valence-electron chi connectivity index (χ4n) is 4.02. The monoisotopic (exact) mass is 515 g/mol. The summed E-state index contributed by atoms with van der Waals surface area (Å²) in [6.45, 7) is 8.36. The zero-order chi connectivity index (χ0) is 25.2. The minimum Gasteiger partial charge on any atom is -0.495 e.